The molecule has 0 atom stereocenters. The summed E-state index contributed by atoms with van der Waals surface area (Å²) < 4.78 is 1.97. The van der Waals surface area contributed by atoms with Crippen molar-refractivity contribution < 1.29 is 15.2 Å². The van der Waals surface area contributed by atoms with Crippen LogP contribution in [0.25, 0.3) is 11.0 Å². The molecule has 0 bridgehead atoms. The summed E-state index contributed by atoms with van der Waals surface area (Å²) in [6, 6.07) is 8.82. The van der Waals surface area contributed by atoms with Crippen LogP contribution in [-0.2, 0) is 6.54 Å². The van der Waals surface area contributed by atoms with Crippen LogP contribution in [0.15, 0.2) is 36.5 Å². The Morgan fingerprint density at radius 1 is 1.14 bits per heavy atom. The predicted molar refractivity (Wildman–Crippen MR) is 79.3 cm³/mol. The molecule has 0 radical (unpaired) electrons. The number of rotatable bonds is 3. The second-order valence-corrected chi connectivity index (χ2v) is 4.86. The maximum atomic E-state index is 9.73. The Morgan fingerprint density at radius 3 is 2.52 bits per heavy atom. The van der Waals surface area contributed by atoms with Crippen LogP contribution in [0.1, 0.15) is 11.4 Å². The number of benzene rings is 1. The smallest absolute Gasteiger partial charge is 0.488 e. The van der Waals surface area contributed by atoms with Crippen LogP contribution in [0.2, 0.25) is 0 Å². The first-order valence-electron chi connectivity index (χ1n) is 6.52. The van der Waals surface area contributed by atoms with E-state index in [1.807, 2.05) is 23.6 Å². The lowest BCUT2D eigenvalue weighted by Crippen LogP contribution is -2.29. The van der Waals surface area contributed by atoms with E-state index in [1.54, 1.807) is 24.4 Å². The highest BCUT2D eigenvalue weighted by Gasteiger charge is 2.13. The average Bonchev–Trinajstić information content (AvgIpc) is 2.78. The van der Waals surface area contributed by atoms with E-state index in [9.17, 15) is 5.11 Å². The van der Waals surface area contributed by atoms with Crippen LogP contribution in [0.4, 0.5) is 0 Å². The molecule has 0 aliphatic carbocycles. The predicted octanol–water partition coefficient (Wildman–Crippen LogP) is 0.173. The third-order valence-electron chi connectivity index (χ3n) is 3.46. The number of hydrogen-bond acceptors (Lipinski definition) is 5. The normalized spacial score (nSPS) is 11.0. The lowest BCUT2D eigenvalue weighted by atomic mass is 9.80. The zero-order valence-corrected chi connectivity index (χ0v) is 11.4. The van der Waals surface area contributed by atoms with Gasteiger partial charge in [0, 0.05) is 12.7 Å². The van der Waals surface area contributed by atoms with Crippen LogP contribution in [0.5, 0.6) is 5.88 Å². The Labute approximate surface area is 121 Å². The minimum Gasteiger partial charge on any atom is -0.492 e. The van der Waals surface area contributed by atoms with E-state index in [1.165, 1.54) is 0 Å². The molecule has 0 saturated heterocycles. The molecule has 1 aromatic carbocycles. The summed E-state index contributed by atoms with van der Waals surface area (Å²) in [7, 11) is -1.46. The average molecular weight is 283 g/mol. The first-order valence-corrected chi connectivity index (χ1v) is 6.52. The van der Waals surface area contributed by atoms with Gasteiger partial charge in [-0.15, -0.1) is 0 Å². The SMILES string of the molecule is Cc1nc2c(O)nccc2n1Cc1ccc(B(O)O)cc1. The fourth-order valence-corrected chi connectivity index (χ4v) is 2.33. The monoisotopic (exact) mass is 283 g/mol. The van der Waals surface area contributed by atoms with Crippen LogP contribution >= 0.6 is 0 Å². The molecule has 7 heteroatoms. The van der Waals surface area contributed by atoms with Gasteiger partial charge < -0.3 is 19.7 Å². The maximum Gasteiger partial charge on any atom is 0.488 e. The number of fused-ring (bicyclic) bond motifs is 1. The minimum absolute atomic E-state index is 0.0758. The highest BCUT2D eigenvalue weighted by Crippen LogP contribution is 2.23. The van der Waals surface area contributed by atoms with Gasteiger partial charge >= 0.3 is 7.12 Å². The number of imidazole rings is 1. The van der Waals surface area contributed by atoms with Gasteiger partial charge in [-0.05, 0) is 24.0 Å². The lowest BCUT2D eigenvalue weighted by Gasteiger charge is -2.08. The maximum absolute atomic E-state index is 9.73. The van der Waals surface area contributed by atoms with Gasteiger partial charge in [0.1, 0.15) is 5.82 Å². The molecule has 0 fully saturated rings. The quantitative estimate of drug-likeness (QED) is 0.596. The van der Waals surface area contributed by atoms with E-state index < -0.39 is 7.12 Å². The third-order valence-corrected chi connectivity index (χ3v) is 3.46. The molecule has 0 unspecified atom stereocenters. The van der Waals surface area contributed by atoms with E-state index in [2.05, 4.69) is 9.97 Å². The van der Waals surface area contributed by atoms with Gasteiger partial charge in [-0.2, -0.15) is 0 Å². The zero-order valence-electron chi connectivity index (χ0n) is 11.4. The number of hydrogen-bond donors (Lipinski definition) is 3. The molecule has 0 aliphatic heterocycles. The molecular weight excluding hydrogens is 269 g/mol. The van der Waals surface area contributed by atoms with Crippen LogP contribution in [-0.4, -0.2) is 36.8 Å². The van der Waals surface area contributed by atoms with E-state index in [0.717, 1.165) is 16.9 Å². The summed E-state index contributed by atoms with van der Waals surface area (Å²) >= 11 is 0. The largest absolute Gasteiger partial charge is 0.492 e. The number of aromatic nitrogens is 3. The summed E-state index contributed by atoms with van der Waals surface area (Å²) in [4.78, 5) is 8.15. The zero-order chi connectivity index (χ0) is 15.0. The van der Waals surface area contributed by atoms with Crippen molar-refractivity contribution in [3.05, 3.63) is 47.9 Å². The standard InChI is InChI=1S/C14H14BN3O3/c1-9-17-13-12(6-7-16-14(13)19)18(9)8-10-2-4-11(5-3-10)15(20)21/h2-7,20-21H,8H2,1H3,(H,16,19). The Hall–Kier alpha value is -2.38. The van der Waals surface area contributed by atoms with E-state index in [-0.39, 0.29) is 5.88 Å². The summed E-state index contributed by atoms with van der Waals surface area (Å²) in [6.07, 6.45) is 1.54. The topological polar surface area (TPSA) is 91.4 Å². The summed E-state index contributed by atoms with van der Waals surface area (Å²) in [5.41, 5.74) is 2.74. The molecule has 106 valence electrons. The van der Waals surface area contributed by atoms with Crippen molar-refractivity contribution >= 4 is 23.6 Å². The number of nitrogens with zero attached hydrogens (tertiary/aromatic N) is 3. The fraction of sp³-hybridized carbons (Fsp3) is 0.143. The highest BCUT2D eigenvalue weighted by atomic mass is 16.4. The van der Waals surface area contributed by atoms with E-state index in [4.69, 9.17) is 10.0 Å². The number of aromatic hydroxyl groups is 1. The van der Waals surface area contributed by atoms with Crippen molar-refractivity contribution in [2.45, 2.75) is 13.5 Å². The van der Waals surface area contributed by atoms with Crippen LogP contribution in [0.3, 0.4) is 0 Å². The van der Waals surface area contributed by atoms with Gasteiger partial charge in [0.15, 0.2) is 5.52 Å². The van der Waals surface area contributed by atoms with Crippen molar-refractivity contribution in [2.24, 2.45) is 0 Å². The molecule has 6 nitrogen and oxygen atoms in total. The summed E-state index contributed by atoms with van der Waals surface area (Å²) in [5.74, 6) is 0.702. The van der Waals surface area contributed by atoms with E-state index >= 15 is 0 Å². The molecule has 0 aliphatic rings. The molecule has 2 aromatic heterocycles. The van der Waals surface area contributed by atoms with Gasteiger partial charge in [-0.1, -0.05) is 24.3 Å². The molecule has 3 aromatic rings. The Morgan fingerprint density at radius 2 is 1.86 bits per heavy atom. The fourth-order valence-electron chi connectivity index (χ4n) is 2.33. The summed E-state index contributed by atoms with van der Waals surface area (Å²) in [5, 5.41) is 27.9. The van der Waals surface area contributed by atoms with Gasteiger partial charge in [0.2, 0.25) is 5.88 Å². The van der Waals surface area contributed by atoms with Gasteiger partial charge in [0.05, 0.1) is 5.52 Å². The van der Waals surface area contributed by atoms with Crippen molar-refractivity contribution in [1.82, 2.24) is 14.5 Å². The molecular formula is C14H14BN3O3. The lowest BCUT2D eigenvalue weighted by molar-refractivity contribution is 0.425. The number of pyridine rings is 1. The Bertz CT molecular complexity index is 784. The first kappa shape index (κ1) is 13.6. The highest BCUT2D eigenvalue weighted by molar-refractivity contribution is 6.58. The van der Waals surface area contributed by atoms with Crippen molar-refractivity contribution in [1.29, 1.82) is 0 Å². The van der Waals surface area contributed by atoms with Gasteiger partial charge in [-0.25, -0.2) is 9.97 Å². The van der Waals surface area contributed by atoms with Gasteiger partial charge in [0.25, 0.3) is 0 Å². The molecule has 0 saturated carbocycles. The third kappa shape index (κ3) is 2.48. The minimum atomic E-state index is -1.46. The van der Waals surface area contributed by atoms with Crippen molar-refractivity contribution in [3.63, 3.8) is 0 Å². The van der Waals surface area contributed by atoms with Crippen molar-refractivity contribution in [3.8, 4) is 5.88 Å². The molecule has 3 rings (SSSR count). The Kier molecular flexibility index (Phi) is 3.36. The molecule has 21 heavy (non-hydrogen) atoms. The molecule has 0 spiro atoms. The van der Waals surface area contributed by atoms with Crippen LogP contribution in [0, 0.1) is 6.92 Å². The van der Waals surface area contributed by atoms with Gasteiger partial charge in [-0.3, -0.25) is 0 Å². The second-order valence-electron chi connectivity index (χ2n) is 4.86. The summed E-state index contributed by atoms with van der Waals surface area (Å²) in [6.45, 7) is 2.44. The second kappa shape index (κ2) is 5.19. The Balaban J connectivity index is 1.98. The molecule has 0 amide bonds. The molecule has 2 heterocycles. The van der Waals surface area contributed by atoms with Crippen molar-refractivity contribution in [2.75, 3.05) is 0 Å². The first-order chi connectivity index (χ1) is 10.1. The van der Waals surface area contributed by atoms with Crippen LogP contribution < -0.4 is 5.46 Å². The molecule has 3 N–H and O–H groups in total. The number of aryl methyl sites for hydroxylation is 1. The van der Waals surface area contributed by atoms with E-state index in [0.29, 0.717) is 17.5 Å².